The van der Waals surface area contributed by atoms with Gasteiger partial charge in [-0.25, -0.2) is 0 Å². The minimum atomic E-state index is -0.692. The maximum atomic E-state index is 15.1. The zero-order valence-corrected chi connectivity index (χ0v) is 28.8. The molecule has 4 aromatic rings. The van der Waals surface area contributed by atoms with Crippen molar-refractivity contribution in [3.8, 4) is 0 Å². The van der Waals surface area contributed by atoms with E-state index < -0.39 is 5.54 Å². The van der Waals surface area contributed by atoms with Gasteiger partial charge in [-0.15, -0.1) is 0 Å². The number of azo groups is 1. The number of carbonyl (C=O) groups is 1. The molecule has 0 unspecified atom stereocenters. The third kappa shape index (κ3) is 5.74. The number of carbonyl (C=O) groups excluding carboxylic acids is 1. The predicted molar refractivity (Wildman–Crippen MR) is 188 cm³/mol. The maximum absolute atomic E-state index is 15.1. The van der Waals surface area contributed by atoms with Crippen LogP contribution in [0.5, 0.6) is 0 Å². The summed E-state index contributed by atoms with van der Waals surface area (Å²) in [7, 11) is 0. The van der Waals surface area contributed by atoms with Crippen LogP contribution in [-0.2, 0) is 12.1 Å². The van der Waals surface area contributed by atoms with Crippen LogP contribution in [-0.4, -0.2) is 23.5 Å². The number of amides is 1. The molecule has 232 valence electrons. The van der Waals surface area contributed by atoms with Crippen molar-refractivity contribution < 1.29 is 4.79 Å². The van der Waals surface area contributed by atoms with Crippen molar-refractivity contribution in [2.45, 2.75) is 84.0 Å². The highest BCUT2D eigenvalue weighted by Crippen LogP contribution is 2.54. The summed E-state index contributed by atoms with van der Waals surface area (Å²) in [5.41, 5.74) is 7.96. The number of halogens is 1. The van der Waals surface area contributed by atoms with E-state index in [0.717, 1.165) is 38.1 Å². The van der Waals surface area contributed by atoms with Gasteiger partial charge in [-0.3, -0.25) is 4.79 Å². The summed E-state index contributed by atoms with van der Waals surface area (Å²) in [5, 5.41) is 10.0. The molecule has 45 heavy (non-hydrogen) atoms. The second-order valence-corrected chi connectivity index (χ2v) is 14.3. The van der Waals surface area contributed by atoms with Crippen LogP contribution in [0.1, 0.15) is 104 Å². The molecule has 0 aliphatic carbocycles. The van der Waals surface area contributed by atoms with Gasteiger partial charge < -0.3 is 9.80 Å². The first-order valence-electron chi connectivity index (χ1n) is 16.2. The zero-order chi connectivity index (χ0) is 31.9. The predicted octanol–water partition coefficient (Wildman–Crippen LogP) is 10.7. The number of para-hydroxylation sites is 1. The minimum absolute atomic E-state index is 0.0919. The van der Waals surface area contributed by atoms with Crippen LogP contribution in [0.2, 0.25) is 0 Å². The first-order valence-corrected chi connectivity index (χ1v) is 17.0. The Morgan fingerprint density at radius 3 is 2.09 bits per heavy atom. The third-order valence-electron chi connectivity index (χ3n) is 9.40. The van der Waals surface area contributed by atoms with Crippen LogP contribution < -0.4 is 4.90 Å². The molecule has 2 atom stereocenters. The van der Waals surface area contributed by atoms with Crippen molar-refractivity contribution in [3.63, 3.8) is 0 Å². The lowest BCUT2D eigenvalue weighted by Crippen LogP contribution is -2.51. The van der Waals surface area contributed by atoms with Crippen LogP contribution in [0.4, 0.5) is 11.4 Å². The van der Waals surface area contributed by atoms with Crippen LogP contribution in [0.3, 0.4) is 0 Å². The Balaban J connectivity index is 1.52. The summed E-state index contributed by atoms with van der Waals surface area (Å²) in [6, 6.07) is 31.5. The standard InChI is InChI=1S/C39H43BrN4O/c1-25(2)29-22-32(26(3)4)36(33(23-29)27(5)6)37(45)43-21-20-39(42-41-31-18-16-30(40)17-19-31)34-14-10-11-15-35(34)44(38(39)43)24-28-12-8-7-9-13-28/h7-19,22-23,25-27,38H,20-21,24H2,1-6H3/t38-,39-/m0/s1. The smallest absolute Gasteiger partial charge is 0.256 e. The Morgan fingerprint density at radius 2 is 1.47 bits per heavy atom. The number of hydrogen-bond acceptors (Lipinski definition) is 4. The van der Waals surface area contributed by atoms with Crippen LogP contribution in [0.15, 0.2) is 106 Å². The summed E-state index contributed by atoms with van der Waals surface area (Å²) in [5.74, 6) is 0.902. The monoisotopic (exact) mass is 662 g/mol. The molecule has 1 amide bonds. The molecule has 4 aromatic carbocycles. The number of hydrogen-bond donors (Lipinski definition) is 0. The number of likely N-dealkylation sites (tertiary alicyclic amines) is 1. The van der Waals surface area contributed by atoms with Gasteiger partial charge in [0.1, 0.15) is 11.7 Å². The Bertz CT molecular complexity index is 1680. The van der Waals surface area contributed by atoms with Crippen molar-refractivity contribution in [1.82, 2.24) is 4.90 Å². The molecule has 1 fully saturated rings. The quantitative estimate of drug-likeness (QED) is 0.176. The van der Waals surface area contributed by atoms with E-state index in [1.165, 1.54) is 11.1 Å². The fourth-order valence-corrected chi connectivity index (χ4v) is 7.31. The Labute approximate surface area is 276 Å². The first-order chi connectivity index (χ1) is 21.6. The lowest BCUT2D eigenvalue weighted by Gasteiger charge is -2.37. The molecule has 6 rings (SSSR count). The second-order valence-electron chi connectivity index (χ2n) is 13.4. The fourth-order valence-electron chi connectivity index (χ4n) is 7.04. The third-order valence-corrected chi connectivity index (χ3v) is 9.93. The van der Waals surface area contributed by atoms with Crippen LogP contribution in [0, 0.1) is 0 Å². The molecular weight excluding hydrogens is 620 g/mol. The fraction of sp³-hybridized carbons (Fsp3) is 0.359. The summed E-state index contributed by atoms with van der Waals surface area (Å²) in [6.07, 6.45) is 0.385. The maximum Gasteiger partial charge on any atom is 0.256 e. The van der Waals surface area contributed by atoms with E-state index in [0.29, 0.717) is 25.4 Å². The van der Waals surface area contributed by atoms with E-state index in [4.69, 9.17) is 10.2 Å². The SMILES string of the molecule is CC(C)c1cc(C(C)C)c(C(=O)N2CC[C@]3(N=Nc4ccc(Br)cc4)c4ccccc4N(Cc4ccccc4)[C@H]23)c(C(C)C)c1. The van der Waals surface area contributed by atoms with Gasteiger partial charge in [0.15, 0.2) is 0 Å². The molecule has 6 heteroatoms. The first kappa shape index (κ1) is 31.2. The molecule has 0 aromatic heterocycles. The van der Waals surface area contributed by atoms with E-state index in [2.05, 4.69) is 128 Å². The Kier molecular flexibility index (Phi) is 8.71. The Morgan fingerprint density at radius 1 is 0.844 bits per heavy atom. The van der Waals surface area contributed by atoms with E-state index in [1.807, 2.05) is 30.3 Å². The molecule has 0 N–H and O–H groups in total. The summed E-state index contributed by atoms with van der Waals surface area (Å²) >= 11 is 3.53. The molecule has 0 bridgehead atoms. The van der Waals surface area contributed by atoms with Crippen molar-refractivity contribution in [2.24, 2.45) is 10.2 Å². The van der Waals surface area contributed by atoms with Crippen molar-refractivity contribution in [1.29, 1.82) is 0 Å². The van der Waals surface area contributed by atoms with E-state index in [9.17, 15) is 0 Å². The molecule has 2 aliphatic rings. The molecule has 0 spiro atoms. The number of nitrogens with zero attached hydrogens (tertiary/aromatic N) is 4. The average Bonchev–Trinajstić information content (AvgIpc) is 3.54. The minimum Gasteiger partial charge on any atom is -0.344 e. The van der Waals surface area contributed by atoms with Crippen LogP contribution >= 0.6 is 15.9 Å². The van der Waals surface area contributed by atoms with E-state index in [-0.39, 0.29) is 23.9 Å². The van der Waals surface area contributed by atoms with Gasteiger partial charge in [0.2, 0.25) is 0 Å². The average molecular weight is 664 g/mol. The van der Waals surface area contributed by atoms with Gasteiger partial charge >= 0.3 is 0 Å². The lowest BCUT2D eigenvalue weighted by molar-refractivity contribution is 0.0706. The van der Waals surface area contributed by atoms with Crippen molar-refractivity contribution in [3.05, 3.63) is 129 Å². The van der Waals surface area contributed by atoms with Gasteiger partial charge in [0.05, 0.1) is 5.69 Å². The number of anilines is 1. The number of fused-ring (bicyclic) bond motifs is 3. The van der Waals surface area contributed by atoms with Crippen molar-refractivity contribution in [2.75, 3.05) is 11.4 Å². The topological polar surface area (TPSA) is 48.3 Å². The highest BCUT2D eigenvalue weighted by molar-refractivity contribution is 9.10. The van der Waals surface area contributed by atoms with Crippen molar-refractivity contribution >= 4 is 33.2 Å². The van der Waals surface area contributed by atoms with E-state index in [1.54, 1.807) is 0 Å². The molecule has 5 nitrogen and oxygen atoms in total. The zero-order valence-electron chi connectivity index (χ0n) is 27.2. The van der Waals surface area contributed by atoms with Gasteiger partial charge in [-0.2, -0.15) is 10.2 Å². The highest BCUT2D eigenvalue weighted by Gasteiger charge is 2.59. The molecular formula is C39H43BrN4O. The molecule has 1 saturated heterocycles. The molecule has 2 heterocycles. The molecule has 0 radical (unpaired) electrons. The van der Waals surface area contributed by atoms with Gasteiger partial charge in [0, 0.05) is 40.8 Å². The summed E-state index contributed by atoms with van der Waals surface area (Å²) in [4.78, 5) is 19.6. The summed E-state index contributed by atoms with van der Waals surface area (Å²) < 4.78 is 1.00. The second kappa shape index (κ2) is 12.6. The van der Waals surface area contributed by atoms with Gasteiger partial charge in [-0.05, 0) is 70.3 Å². The van der Waals surface area contributed by atoms with Gasteiger partial charge in [-0.1, -0.05) is 118 Å². The van der Waals surface area contributed by atoms with Crippen LogP contribution in [0.25, 0.3) is 0 Å². The summed E-state index contributed by atoms with van der Waals surface area (Å²) in [6.45, 7) is 14.5. The lowest BCUT2D eigenvalue weighted by atomic mass is 9.84. The number of rotatable bonds is 8. The van der Waals surface area contributed by atoms with E-state index >= 15 is 4.79 Å². The largest absolute Gasteiger partial charge is 0.344 e. The normalized spacial score (nSPS) is 19.3. The molecule has 0 saturated carbocycles. The Hall–Kier alpha value is -3.77. The highest BCUT2D eigenvalue weighted by atomic mass is 79.9. The van der Waals surface area contributed by atoms with Gasteiger partial charge in [0.25, 0.3) is 5.91 Å². The molecule has 2 aliphatic heterocycles. The number of benzene rings is 4.